The highest BCUT2D eigenvalue weighted by Gasteiger charge is 2.30. The molecule has 1 aliphatic heterocycles. The van der Waals surface area contributed by atoms with E-state index >= 15 is 0 Å². The van der Waals surface area contributed by atoms with Crippen LogP contribution in [0.25, 0.3) is 0 Å². The molecule has 0 spiro atoms. The Bertz CT molecular complexity index is 242. The van der Waals surface area contributed by atoms with E-state index in [1.54, 1.807) is 4.90 Å². The summed E-state index contributed by atoms with van der Waals surface area (Å²) in [6.45, 7) is 2.81. The van der Waals surface area contributed by atoms with Crippen molar-refractivity contribution < 1.29 is 14.7 Å². The minimum Gasteiger partial charge on any atom is -0.480 e. The van der Waals surface area contributed by atoms with E-state index in [-0.39, 0.29) is 12.5 Å². The topological polar surface area (TPSA) is 83.6 Å². The lowest BCUT2D eigenvalue weighted by atomic mass is 10.1. The van der Waals surface area contributed by atoms with Crippen molar-refractivity contribution in [1.82, 2.24) is 4.90 Å². The molecule has 0 aromatic rings. The second-order valence-corrected chi connectivity index (χ2v) is 3.72. The third-order valence-corrected chi connectivity index (χ3v) is 2.61. The van der Waals surface area contributed by atoms with Gasteiger partial charge in [-0.1, -0.05) is 13.3 Å². The molecule has 0 bridgehead atoms. The Morgan fingerprint density at radius 1 is 1.79 bits per heavy atom. The number of hydrogen-bond donors (Lipinski definition) is 2. The molecule has 5 nitrogen and oxygen atoms in total. The Morgan fingerprint density at radius 3 is 2.86 bits per heavy atom. The second kappa shape index (κ2) is 4.41. The molecule has 0 radical (unpaired) electrons. The van der Waals surface area contributed by atoms with Gasteiger partial charge in [-0.25, -0.2) is 0 Å². The van der Waals surface area contributed by atoms with Crippen molar-refractivity contribution in [2.75, 3.05) is 13.1 Å². The van der Waals surface area contributed by atoms with Crippen LogP contribution in [0.1, 0.15) is 19.8 Å². The average molecular weight is 200 g/mol. The molecule has 80 valence electrons. The van der Waals surface area contributed by atoms with Crippen LogP contribution in [-0.4, -0.2) is 41.0 Å². The van der Waals surface area contributed by atoms with Gasteiger partial charge in [-0.3, -0.25) is 9.59 Å². The van der Waals surface area contributed by atoms with E-state index < -0.39 is 12.0 Å². The fourth-order valence-electron chi connectivity index (χ4n) is 1.62. The fourth-order valence-corrected chi connectivity index (χ4v) is 1.62. The van der Waals surface area contributed by atoms with Crippen molar-refractivity contribution in [3.63, 3.8) is 0 Å². The molecule has 5 heteroatoms. The van der Waals surface area contributed by atoms with Gasteiger partial charge in [0.1, 0.15) is 6.04 Å². The molecule has 2 unspecified atom stereocenters. The highest BCUT2D eigenvalue weighted by Crippen LogP contribution is 2.20. The Balaban J connectivity index is 2.46. The summed E-state index contributed by atoms with van der Waals surface area (Å²) in [6, 6.07) is -0.963. The minimum atomic E-state index is -1.06. The predicted octanol–water partition coefficient (Wildman–Crippen LogP) is -0.343. The number of hydrogen-bond acceptors (Lipinski definition) is 3. The maximum atomic E-state index is 11.4. The summed E-state index contributed by atoms with van der Waals surface area (Å²) in [7, 11) is 0. The van der Waals surface area contributed by atoms with Crippen molar-refractivity contribution in [3.05, 3.63) is 0 Å². The second-order valence-electron chi connectivity index (χ2n) is 3.72. The zero-order chi connectivity index (χ0) is 10.7. The van der Waals surface area contributed by atoms with Crippen molar-refractivity contribution in [1.29, 1.82) is 0 Å². The molecule has 0 aliphatic carbocycles. The maximum absolute atomic E-state index is 11.4. The number of carbonyl (C=O) groups excluding carboxylic acids is 1. The summed E-state index contributed by atoms with van der Waals surface area (Å²) in [6.07, 6.45) is 1.48. The van der Waals surface area contributed by atoms with E-state index in [9.17, 15) is 9.59 Å². The van der Waals surface area contributed by atoms with E-state index in [2.05, 4.69) is 0 Å². The number of nitrogens with zero attached hydrogens (tertiary/aromatic N) is 1. The molecule has 0 saturated carbocycles. The van der Waals surface area contributed by atoms with Gasteiger partial charge in [-0.15, -0.1) is 0 Å². The summed E-state index contributed by atoms with van der Waals surface area (Å²) in [4.78, 5) is 23.4. The molecule has 1 saturated heterocycles. The number of carboxylic acid groups (broad SMARTS) is 1. The molecule has 2 atom stereocenters. The van der Waals surface area contributed by atoms with Gasteiger partial charge in [0.2, 0.25) is 5.91 Å². The van der Waals surface area contributed by atoms with E-state index in [1.807, 2.05) is 6.92 Å². The first-order valence-electron chi connectivity index (χ1n) is 4.80. The molecular formula is C9H16N2O3. The van der Waals surface area contributed by atoms with Crippen LogP contribution in [0.15, 0.2) is 0 Å². The monoisotopic (exact) mass is 200 g/mol. The van der Waals surface area contributed by atoms with Crippen LogP contribution in [0.2, 0.25) is 0 Å². The van der Waals surface area contributed by atoms with Crippen LogP contribution in [0.5, 0.6) is 0 Å². The van der Waals surface area contributed by atoms with Gasteiger partial charge in [-0.05, 0) is 5.92 Å². The Kier molecular flexibility index (Phi) is 3.46. The quantitative estimate of drug-likeness (QED) is 0.650. The largest absolute Gasteiger partial charge is 0.480 e. The summed E-state index contributed by atoms with van der Waals surface area (Å²) < 4.78 is 0. The van der Waals surface area contributed by atoms with Crippen LogP contribution in [0.3, 0.4) is 0 Å². The Labute approximate surface area is 82.9 Å². The molecule has 3 N–H and O–H groups in total. The van der Waals surface area contributed by atoms with Gasteiger partial charge >= 0.3 is 5.97 Å². The van der Waals surface area contributed by atoms with Crippen LogP contribution in [0.4, 0.5) is 0 Å². The number of amides is 1. The van der Waals surface area contributed by atoms with Crippen LogP contribution >= 0.6 is 0 Å². The highest BCUT2D eigenvalue weighted by molar-refractivity contribution is 5.80. The number of rotatable bonds is 4. The van der Waals surface area contributed by atoms with Gasteiger partial charge in [0.25, 0.3) is 0 Å². The maximum Gasteiger partial charge on any atom is 0.322 e. The number of likely N-dealkylation sites (tertiary alicyclic amines) is 1. The Morgan fingerprint density at radius 2 is 2.43 bits per heavy atom. The van der Waals surface area contributed by atoms with Crippen LogP contribution in [0, 0.1) is 5.92 Å². The van der Waals surface area contributed by atoms with E-state index in [4.69, 9.17) is 10.8 Å². The van der Waals surface area contributed by atoms with Crippen LogP contribution < -0.4 is 5.73 Å². The first-order chi connectivity index (χ1) is 6.54. The molecule has 0 aromatic heterocycles. The highest BCUT2D eigenvalue weighted by atomic mass is 16.4. The molecule has 1 amide bonds. The van der Waals surface area contributed by atoms with E-state index in [0.717, 1.165) is 6.42 Å². The van der Waals surface area contributed by atoms with Gasteiger partial charge in [-0.2, -0.15) is 0 Å². The molecule has 1 heterocycles. The summed E-state index contributed by atoms with van der Waals surface area (Å²) >= 11 is 0. The standard InChI is InChI=1S/C9H16N2O3/c1-2-6-3-8(12)11(4-6)5-7(10)9(13)14/h6-7H,2-5,10H2,1H3,(H,13,14). The van der Waals surface area contributed by atoms with Gasteiger partial charge < -0.3 is 15.7 Å². The molecule has 14 heavy (non-hydrogen) atoms. The molecule has 1 rings (SSSR count). The molecule has 0 aromatic carbocycles. The third kappa shape index (κ3) is 2.45. The lowest BCUT2D eigenvalue weighted by molar-refractivity contribution is -0.139. The van der Waals surface area contributed by atoms with Gasteiger partial charge in [0.05, 0.1) is 0 Å². The average Bonchev–Trinajstić information content (AvgIpc) is 2.47. The van der Waals surface area contributed by atoms with Crippen molar-refractivity contribution >= 4 is 11.9 Å². The first-order valence-corrected chi connectivity index (χ1v) is 4.80. The Hall–Kier alpha value is -1.10. The van der Waals surface area contributed by atoms with Gasteiger partial charge in [0, 0.05) is 19.5 Å². The number of aliphatic carboxylic acids is 1. The molecular weight excluding hydrogens is 184 g/mol. The first kappa shape index (κ1) is 11.0. The van der Waals surface area contributed by atoms with Crippen molar-refractivity contribution in [3.8, 4) is 0 Å². The fraction of sp³-hybridized carbons (Fsp3) is 0.778. The normalized spacial score (nSPS) is 24.0. The lowest BCUT2D eigenvalue weighted by Gasteiger charge is -2.18. The van der Waals surface area contributed by atoms with Crippen molar-refractivity contribution in [2.24, 2.45) is 11.7 Å². The van der Waals surface area contributed by atoms with E-state index in [1.165, 1.54) is 0 Å². The van der Waals surface area contributed by atoms with E-state index in [0.29, 0.717) is 18.9 Å². The smallest absolute Gasteiger partial charge is 0.322 e. The molecule has 1 fully saturated rings. The molecule has 1 aliphatic rings. The van der Waals surface area contributed by atoms with Crippen LogP contribution in [-0.2, 0) is 9.59 Å². The summed E-state index contributed by atoms with van der Waals surface area (Å²) in [5.74, 6) is -0.671. The summed E-state index contributed by atoms with van der Waals surface area (Å²) in [5, 5.41) is 8.59. The predicted molar refractivity (Wildman–Crippen MR) is 50.6 cm³/mol. The third-order valence-electron chi connectivity index (χ3n) is 2.61. The SMILES string of the molecule is CCC1CC(=O)N(CC(N)C(=O)O)C1. The number of nitrogens with two attached hydrogens (primary N) is 1. The summed E-state index contributed by atoms with van der Waals surface area (Å²) in [5.41, 5.74) is 5.35. The zero-order valence-corrected chi connectivity index (χ0v) is 8.27. The number of carboxylic acids is 1. The zero-order valence-electron chi connectivity index (χ0n) is 8.27. The van der Waals surface area contributed by atoms with Gasteiger partial charge in [0.15, 0.2) is 0 Å². The minimum absolute atomic E-state index is 0.0218. The number of carbonyl (C=O) groups is 2. The van der Waals surface area contributed by atoms with Crippen molar-refractivity contribution in [2.45, 2.75) is 25.8 Å². The lowest BCUT2D eigenvalue weighted by Crippen LogP contribution is -2.43.